The van der Waals surface area contributed by atoms with Crippen molar-refractivity contribution in [1.29, 1.82) is 0 Å². The van der Waals surface area contributed by atoms with Crippen LogP contribution in [0.3, 0.4) is 0 Å². The Morgan fingerprint density at radius 1 is 1.04 bits per heavy atom. The molecule has 4 rings (SSSR count). The number of rotatable bonds is 4. The van der Waals surface area contributed by atoms with Crippen LogP contribution in [0.25, 0.3) is 10.1 Å². The Hall–Kier alpha value is -2.54. The van der Waals surface area contributed by atoms with Gasteiger partial charge in [-0.3, -0.25) is 4.79 Å². The molecule has 0 unspecified atom stereocenters. The van der Waals surface area contributed by atoms with Gasteiger partial charge in [-0.15, -0.1) is 16.4 Å². The lowest BCUT2D eigenvalue weighted by atomic mass is 10.1. The van der Waals surface area contributed by atoms with E-state index in [1.54, 1.807) is 11.3 Å². The van der Waals surface area contributed by atoms with Crippen molar-refractivity contribution in [2.75, 3.05) is 31.1 Å². The molecule has 0 bridgehead atoms. The maximum atomic E-state index is 13.1. The number of aryl methyl sites for hydroxylation is 3. The first-order chi connectivity index (χ1) is 13.6. The molecule has 0 N–H and O–H groups in total. The molecule has 2 aromatic heterocycles. The van der Waals surface area contributed by atoms with Crippen molar-refractivity contribution in [1.82, 2.24) is 20.1 Å². The van der Waals surface area contributed by atoms with Gasteiger partial charge in [-0.25, -0.2) is 4.98 Å². The summed E-state index contributed by atoms with van der Waals surface area (Å²) in [6, 6.07) is 8.22. The lowest BCUT2D eigenvalue weighted by molar-refractivity contribution is 0.0750. The van der Waals surface area contributed by atoms with Gasteiger partial charge >= 0.3 is 0 Å². The van der Waals surface area contributed by atoms with Gasteiger partial charge in [0.1, 0.15) is 0 Å². The van der Waals surface area contributed by atoms with Crippen LogP contribution in [-0.4, -0.2) is 52.2 Å². The Bertz CT molecular complexity index is 1010. The van der Waals surface area contributed by atoms with Gasteiger partial charge < -0.3 is 9.80 Å². The molecular formula is C21H25N5OS. The average Bonchev–Trinajstić information content (AvgIpc) is 3.09. The monoisotopic (exact) mass is 395 g/mol. The first-order valence-electron chi connectivity index (χ1n) is 9.87. The Morgan fingerprint density at radius 3 is 2.43 bits per heavy atom. The predicted molar refractivity (Wildman–Crippen MR) is 113 cm³/mol. The van der Waals surface area contributed by atoms with Crippen LogP contribution in [0.15, 0.2) is 24.3 Å². The fraction of sp³-hybridized carbons (Fsp3) is 0.429. The summed E-state index contributed by atoms with van der Waals surface area (Å²) in [7, 11) is 0. The highest BCUT2D eigenvalue weighted by atomic mass is 32.1. The molecule has 1 aromatic carbocycles. The first-order valence-corrected chi connectivity index (χ1v) is 10.7. The summed E-state index contributed by atoms with van der Waals surface area (Å²) in [5, 5.41) is 9.84. The highest BCUT2D eigenvalue weighted by molar-refractivity contribution is 7.21. The molecule has 1 aliphatic heterocycles. The Labute approximate surface area is 169 Å². The van der Waals surface area contributed by atoms with Crippen molar-refractivity contribution < 1.29 is 4.79 Å². The van der Waals surface area contributed by atoms with Gasteiger partial charge in [-0.1, -0.05) is 32.0 Å². The van der Waals surface area contributed by atoms with Crippen molar-refractivity contribution in [2.24, 2.45) is 0 Å². The second-order valence-corrected chi connectivity index (χ2v) is 8.10. The van der Waals surface area contributed by atoms with Gasteiger partial charge in [0.15, 0.2) is 0 Å². The molecular weight excluding hydrogens is 370 g/mol. The number of amides is 1. The minimum absolute atomic E-state index is 0.132. The maximum absolute atomic E-state index is 13.1. The van der Waals surface area contributed by atoms with Crippen LogP contribution >= 0.6 is 11.3 Å². The maximum Gasteiger partial charge on any atom is 0.264 e. The number of thiophene rings is 1. The van der Waals surface area contributed by atoms with Crippen molar-refractivity contribution >= 4 is 33.3 Å². The first kappa shape index (κ1) is 18.8. The minimum Gasteiger partial charge on any atom is -0.336 e. The number of hydrogen-bond donors (Lipinski definition) is 0. The zero-order valence-electron chi connectivity index (χ0n) is 16.6. The second kappa shape index (κ2) is 7.83. The summed E-state index contributed by atoms with van der Waals surface area (Å²) in [6.45, 7) is 9.02. The van der Waals surface area contributed by atoms with E-state index in [4.69, 9.17) is 4.98 Å². The fourth-order valence-electron chi connectivity index (χ4n) is 3.69. The number of fused-ring (bicyclic) bond motifs is 1. The van der Waals surface area contributed by atoms with Gasteiger partial charge in [-0.05, 0) is 36.8 Å². The van der Waals surface area contributed by atoms with Crippen molar-refractivity contribution in [2.45, 2.75) is 33.6 Å². The Kier molecular flexibility index (Phi) is 5.26. The molecule has 146 valence electrons. The average molecular weight is 396 g/mol. The molecule has 0 aliphatic carbocycles. The van der Waals surface area contributed by atoms with Crippen LogP contribution in [0.5, 0.6) is 0 Å². The van der Waals surface area contributed by atoms with Crippen LogP contribution in [0.1, 0.15) is 40.5 Å². The van der Waals surface area contributed by atoms with Crippen molar-refractivity contribution in [3.8, 4) is 0 Å². The van der Waals surface area contributed by atoms with Crippen LogP contribution < -0.4 is 4.90 Å². The zero-order chi connectivity index (χ0) is 19.7. The molecule has 1 saturated heterocycles. The van der Waals surface area contributed by atoms with E-state index in [0.29, 0.717) is 19.0 Å². The van der Waals surface area contributed by atoms with Crippen molar-refractivity contribution in [3.63, 3.8) is 0 Å². The molecule has 6 nitrogen and oxygen atoms in total. The van der Waals surface area contributed by atoms with E-state index in [1.807, 2.05) is 24.0 Å². The quantitative estimate of drug-likeness (QED) is 0.677. The standard InChI is InChI=1S/C21H25N5OS/c1-4-16-17(5-2)23-24-21(22-16)26-12-10-25(11-13-26)20(27)19-14(3)15-8-6-7-9-18(15)28-19/h6-9H,4-5,10-13H2,1-3H3. The number of nitrogens with zero attached hydrogens (tertiary/aromatic N) is 5. The smallest absolute Gasteiger partial charge is 0.264 e. The molecule has 7 heteroatoms. The number of aromatic nitrogens is 3. The summed E-state index contributed by atoms with van der Waals surface area (Å²) < 4.78 is 1.17. The van der Waals surface area contributed by atoms with Crippen LogP contribution in [0.2, 0.25) is 0 Å². The van der Waals surface area contributed by atoms with E-state index < -0.39 is 0 Å². The van der Waals surface area contributed by atoms with Gasteiger partial charge in [-0.2, -0.15) is 5.10 Å². The second-order valence-electron chi connectivity index (χ2n) is 7.04. The van der Waals surface area contributed by atoms with Gasteiger partial charge in [0.2, 0.25) is 5.95 Å². The third-order valence-electron chi connectivity index (χ3n) is 5.39. The summed E-state index contributed by atoms with van der Waals surface area (Å²) in [4.78, 5) is 22.7. The van der Waals surface area contributed by atoms with E-state index in [9.17, 15) is 4.79 Å². The number of piperazine rings is 1. The van der Waals surface area contributed by atoms with Crippen molar-refractivity contribution in [3.05, 3.63) is 46.1 Å². The van der Waals surface area contributed by atoms with Crippen LogP contribution in [0.4, 0.5) is 5.95 Å². The predicted octanol–water partition coefficient (Wildman–Crippen LogP) is 3.48. The van der Waals surface area contributed by atoms with Gasteiger partial charge in [0.05, 0.1) is 16.3 Å². The highest BCUT2D eigenvalue weighted by Gasteiger charge is 2.26. The Morgan fingerprint density at radius 2 is 1.75 bits per heavy atom. The summed E-state index contributed by atoms with van der Waals surface area (Å²) in [5.74, 6) is 0.812. The summed E-state index contributed by atoms with van der Waals surface area (Å²) >= 11 is 1.59. The molecule has 0 spiro atoms. The number of hydrogen-bond acceptors (Lipinski definition) is 6. The lowest BCUT2D eigenvalue weighted by Gasteiger charge is -2.34. The molecule has 0 saturated carbocycles. The van der Waals surface area contributed by atoms with Gasteiger partial charge in [0.25, 0.3) is 5.91 Å². The fourth-order valence-corrected chi connectivity index (χ4v) is 4.87. The molecule has 28 heavy (non-hydrogen) atoms. The number of anilines is 1. The summed E-state index contributed by atoms with van der Waals surface area (Å²) in [5.41, 5.74) is 3.08. The largest absolute Gasteiger partial charge is 0.336 e. The van der Waals surface area contributed by atoms with E-state index in [2.05, 4.69) is 41.1 Å². The van der Waals surface area contributed by atoms with E-state index in [-0.39, 0.29) is 5.91 Å². The van der Waals surface area contributed by atoms with E-state index in [1.165, 1.54) is 10.1 Å². The molecule has 1 aliphatic rings. The minimum atomic E-state index is 0.132. The number of carbonyl (C=O) groups is 1. The highest BCUT2D eigenvalue weighted by Crippen LogP contribution is 2.31. The normalized spacial score (nSPS) is 14.7. The zero-order valence-corrected chi connectivity index (χ0v) is 17.4. The molecule has 3 aromatic rings. The number of carbonyl (C=O) groups excluding carboxylic acids is 1. The van der Waals surface area contributed by atoms with Crippen LogP contribution in [-0.2, 0) is 12.8 Å². The third-order valence-corrected chi connectivity index (χ3v) is 6.65. The molecule has 0 radical (unpaired) electrons. The van der Waals surface area contributed by atoms with Gasteiger partial charge in [0, 0.05) is 30.9 Å². The Balaban J connectivity index is 1.48. The molecule has 3 heterocycles. The molecule has 0 atom stereocenters. The lowest BCUT2D eigenvalue weighted by Crippen LogP contribution is -2.49. The van der Waals surface area contributed by atoms with E-state index >= 15 is 0 Å². The topological polar surface area (TPSA) is 62.2 Å². The summed E-state index contributed by atoms with van der Waals surface area (Å²) in [6.07, 6.45) is 1.70. The van der Waals surface area contributed by atoms with Crippen LogP contribution in [0, 0.1) is 6.92 Å². The molecule has 1 fully saturated rings. The SMILES string of the molecule is CCc1nnc(N2CCN(C(=O)c3sc4ccccc4c3C)CC2)nc1CC. The number of benzene rings is 1. The third kappa shape index (κ3) is 3.35. The molecule has 1 amide bonds. The van der Waals surface area contributed by atoms with E-state index in [0.717, 1.165) is 47.8 Å².